The summed E-state index contributed by atoms with van der Waals surface area (Å²) in [7, 11) is 0. The predicted molar refractivity (Wildman–Crippen MR) is 96.3 cm³/mol. The minimum Gasteiger partial charge on any atom is -0.330 e. The lowest BCUT2D eigenvalue weighted by Gasteiger charge is -2.18. The van der Waals surface area contributed by atoms with Gasteiger partial charge in [0.25, 0.3) is 0 Å². The molecule has 2 aromatic rings. The van der Waals surface area contributed by atoms with E-state index >= 15 is 0 Å². The maximum atomic E-state index is 12.6. The summed E-state index contributed by atoms with van der Waals surface area (Å²) in [4.78, 5) is 12.6. The number of carbonyl (C=O) groups is 1. The number of aromatic nitrogens is 2. The summed E-state index contributed by atoms with van der Waals surface area (Å²) in [5.74, 6) is 0.884. The molecule has 0 saturated heterocycles. The van der Waals surface area contributed by atoms with Crippen molar-refractivity contribution in [2.24, 2.45) is 17.6 Å². The van der Waals surface area contributed by atoms with Gasteiger partial charge in [0, 0.05) is 27.6 Å². The summed E-state index contributed by atoms with van der Waals surface area (Å²) in [6.07, 6.45) is 4.60. The second-order valence-corrected chi connectivity index (χ2v) is 6.91. The van der Waals surface area contributed by atoms with E-state index in [1.165, 1.54) is 0 Å². The Kier molecular flexibility index (Phi) is 5.43. The molecule has 1 aliphatic carbocycles. The van der Waals surface area contributed by atoms with Crippen molar-refractivity contribution in [3.8, 4) is 0 Å². The van der Waals surface area contributed by atoms with Crippen LogP contribution in [0.1, 0.15) is 24.8 Å². The molecular formula is C17H20Cl2N4O. The molecule has 1 aromatic heterocycles. The largest absolute Gasteiger partial charge is 0.330 e. The smallest absolute Gasteiger partial charge is 0.228 e. The van der Waals surface area contributed by atoms with Crippen LogP contribution < -0.4 is 11.1 Å². The Morgan fingerprint density at radius 3 is 2.75 bits per heavy atom. The van der Waals surface area contributed by atoms with Crippen LogP contribution in [0.25, 0.3) is 0 Å². The first-order valence-electron chi connectivity index (χ1n) is 8.05. The molecule has 24 heavy (non-hydrogen) atoms. The summed E-state index contributed by atoms with van der Waals surface area (Å²) in [5.41, 5.74) is 6.55. The highest BCUT2D eigenvalue weighted by Crippen LogP contribution is 2.32. The molecule has 1 saturated carbocycles. The number of benzene rings is 1. The average Bonchev–Trinajstić information content (AvgIpc) is 3.20. The normalized spacial score (nSPS) is 20.3. The highest BCUT2D eigenvalue weighted by Gasteiger charge is 2.32. The van der Waals surface area contributed by atoms with Crippen LogP contribution in [0.5, 0.6) is 0 Å². The van der Waals surface area contributed by atoms with Crippen LogP contribution in [0.2, 0.25) is 10.0 Å². The van der Waals surface area contributed by atoms with Gasteiger partial charge in [0.1, 0.15) is 5.82 Å². The molecule has 3 N–H and O–H groups in total. The number of hydrogen-bond donors (Lipinski definition) is 2. The SMILES string of the molecule is NC[C@H]1CCC[C@H]1C(=O)Nc1ccnn1Cc1c(Cl)cccc1Cl. The van der Waals surface area contributed by atoms with Gasteiger partial charge in [-0.3, -0.25) is 4.79 Å². The molecule has 1 amide bonds. The van der Waals surface area contributed by atoms with Gasteiger partial charge < -0.3 is 11.1 Å². The van der Waals surface area contributed by atoms with Crippen LogP contribution in [0.3, 0.4) is 0 Å². The molecule has 1 fully saturated rings. The number of halogens is 2. The summed E-state index contributed by atoms with van der Waals surface area (Å²) in [6, 6.07) is 7.14. The maximum Gasteiger partial charge on any atom is 0.228 e. The van der Waals surface area contributed by atoms with Crippen molar-refractivity contribution in [2.45, 2.75) is 25.8 Å². The number of rotatable bonds is 5. The van der Waals surface area contributed by atoms with E-state index in [0.717, 1.165) is 24.8 Å². The molecule has 2 atom stereocenters. The first kappa shape index (κ1) is 17.3. The highest BCUT2D eigenvalue weighted by molar-refractivity contribution is 6.35. The van der Waals surface area contributed by atoms with Crippen molar-refractivity contribution < 1.29 is 4.79 Å². The Morgan fingerprint density at radius 2 is 2.04 bits per heavy atom. The van der Waals surface area contributed by atoms with Crippen LogP contribution in [0.15, 0.2) is 30.5 Å². The minimum absolute atomic E-state index is 0.00922. The highest BCUT2D eigenvalue weighted by atomic mass is 35.5. The van der Waals surface area contributed by atoms with Crippen LogP contribution >= 0.6 is 23.2 Å². The quantitative estimate of drug-likeness (QED) is 0.849. The van der Waals surface area contributed by atoms with Crippen molar-refractivity contribution in [2.75, 3.05) is 11.9 Å². The fourth-order valence-corrected chi connectivity index (χ4v) is 3.80. The van der Waals surface area contributed by atoms with Gasteiger partial charge >= 0.3 is 0 Å². The van der Waals surface area contributed by atoms with E-state index in [-0.39, 0.29) is 17.7 Å². The summed E-state index contributed by atoms with van der Waals surface area (Å²) < 4.78 is 1.69. The van der Waals surface area contributed by atoms with Crippen molar-refractivity contribution in [3.63, 3.8) is 0 Å². The molecule has 0 aliphatic heterocycles. The molecule has 1 aromatic carbocycles. The number of nitrogens with zero attached hydrogens (tertiary/aromatic N) is 2. The van der Waals surface area contributed by atoms with Crippen molar-refractivity contribution in [1.29, 1.82) is 0 Å². The van der Waals surface area contributed by atoms with Crippen LogP contribution in [-0.4, -0.2) is 22.2 Å². The first-order valence-corrected chi connectivity index (χ1v) is 8.81. The van der Waals surface area contributed by atoms with Crippen molar-refractivity contribution in [1.82, 2.24) is 9.78 Å². The molecule has 7 heteroatoms. The second-order valence-electron chi connectivity index (χ2n) is 6.10. The Morgan fingerprint density at radius 1 is 1.29 bits per heavy atom. The zero-order chi connectivity index (χ0) is 17.1. The van der Waals surface area contributed by atoms with E-state index in [0.29, 0.717) is 29.0 Å². The molecule has 0 unspecified atom stereocenters. The van der Waals surface area contributed by atoms with Gasteiger partial charge in [-0.15, -0.1) is 0 Å². The summed E-state index contributed by atoms with van der Waals surface area (Å²) >= 11 is 12.4. The van der Waals surface area contributed by atoms with Gasteiger partial charge in [0.2, 0.25) is 5.91 Å². The molecule has 1 heterocycles. The Balaban J connectivity index is 1.75. The zero-order valence-electron chi connectivity index (χ0n) is 13.2. The summed E-state index contributed by atoms with van der Waals surface area (Å²) in [6.45, 7) is 0.943. The van der Waals surface area contributed by atoms with E-state index in [1.54, 1.807) is 35.1 Å². The third kappa shape index (κ3) is 3.58. The fraction of sp³-hybridized carbons (Fsp3) is 0.412. The number of amides is 1. The topological polar surface area (TPSA) is 72.9 Å². The lowest BCUT2D eigenvalue weighted by molar-refractivity contribution is -0.120. The monoisotopic (exact) mass is 366 g/mol. The van der Waals surface area contributed by atoms with Gasteiger partial charge in [0.15, 0.2) is 0 Å². The first-order chi connectivity index (χ1) is 11.6. The molecule has 0 spiro atoms. The van der Waals surface area contributed by atoms with Gasteiger partial charge in [-0.05, 0) is 37.4 Å². The number of carbonyl (C=O) groups excluding carboxylic acids is 1. The Hall–Kier alpha value is -1.56. The number of nitrogens with two attached hydrogens (primary N) is 1. The predicted octanol–water partition coefficient (Wildman–Crippen LogP) is 3.55. The molecule has 0 radical (unpaired) electrons. The van der Waals surface area contributed by atoms with E-state index in [9.17, 15) is 4.79 Å². The Bertz CT molecular complexity index is 711. The van der Waals surface area contributed by atoms with E-state index in [4.69, 9.17) is 28.9 Å². The molecular weight excluding hydrogens is 347 g/mol. The van der Waals surface area contributed by atoms with Crippen LogP contribution in [-0.2, 0) is 11.3 Å². The van der Waals surface area contributed by atoms with Gasteiger partial charge in [-0.2, -0.15) is 5.10 Å². The second kappa shape index (κ2) is 7.55. The molecule has 1 aliphatic rings. The van der Waals surface area contributed by atoms with Crippen LogP contribution in [0, 0.1) is 11.8 Å². The minimum atomic E-state index is -0.0257. The van der Waals surface area contributed by atoms with E-state index in [1.807, 2.05) is 0 Å². The van der Waals surface area contributed by atoms with E-state index in [2.05, 4.69) is 10.4 Å². The summed E-state index contributed by atoms with van der Waals surface area (Å²) in [5, 5.41) is 8.40. The molecule has 5 nitrogen and oxygen atoms in total. The van der Waals surface area contributed by atoms with Crippen LogP contribution in [0.4, 0.5) is 5.82 Å². The fourth-order valence-electron chi connectivity index (χ4n) is 3.28. The van der Waals surface area contributed by atoms with Crippen molar-refractivity contribution in [3.05, 3.63) is 46.1 Å². The lowest BCUT2D eigenvalue weighted by atomic mass is 9.95. The van der Waals surface area contributed by atoms with Gasteiger partial charge in [0.05, 0.1) is 12.7 Å². The van der Waals surface area contributed by atoms with Gasteiger partial charge in [-0.1, -0.05) is 35.7 Å². The standard InChI is InChI=1S/C17H20Cl2N4O/c18-14-5-2-6-15(19)13(14)10-23-16(7-8-21-23)22-17(24)12-4-1-3-11(12)9-20/h2,5-8,11-12H,1,3-4,9-10,20H2,(H,22,24)/t11-,12-/m1/s1. The Labute approximate surface area is 151 Å². The lowest BCUT2D eigenvalue weighted by Crippen LogP contribution is -2.30. The third-order valence-electron chi connectivity index (χ3n) is 4.64. The zero-order valence-corrected chi connectivity index (χ0v) is 14.7. The molecule has 3 rings (SSSR count). The molecule has 0 bridgehead atoms. The number of nitrogens with one attached hydrogen (secondary N) is 1. The van der Waals surface area contributed by atoms with E-state index < -0.39 is 0 Å². The average molecular weight is 367 g/mol. The molecule has 128 valence electrons. The number of anilines is 1. The number of hydrogen-bond acceptors (Lipinski definition) is 3. The maximum absolute atomic E-state index is 12.6. The third-order valence-corrected chi connectivity index (χ3v) is 5.34. The van der Waals surface area contributed by atoms with Crippen molar-refractivity contribution >= 4 is 34.9 Å². The van der Waals surface area contributed by atoms with Gasteiger partial charge in [-0.25, -0.2) is 4.68 Å².